The average molecular weight is 256 g/mol. The predicted molar refractivity (Wildman–Crippen MR) is 70.4 cm³/mol. The van der Waals surface area contributed by atoms with E-state index in [-0.39, 0.29) is 5.91 Å². The number of hydrogen-bond donors (Lipinski definition) is 2. The van der Waals surface area contributed by atoms with Crippen molar-refractivity contribution in [2.75, 3.05) is 11.9 Å². The van der Waals surface area contributed by atoms with Gasteiger partial charge in [0, 0.05) is 0 Å². The van der Waals surface area contributed by atoms with Crippen LogP contribution in [0.4, 0.5) is 5.69 Å². The lowest BCUT2D eigenvalue weighted by Gasteiger charge is -2.24. The van der Waals surface area contributed by atoms with Crippen LogP contribution in [0.3, 0.4) is 0 Å². The molecule has 0 unspecified atom stereocenters. The molecule has 4 nitrogen and oxygen atoms in total. The van der Waals surface area contributed by atoms with Crippen LogP contribution in [0.1, 0.15) is 26.3 Å². The number of pyridine rings is 1. The topological polar surface area (TPSA) is 54.0 Å². The quantitative estimate of drug-likeness (QED) is 0.813. The zero-order chi connectivity index (χ0) is 13.1. The summed E-state index contributed by atoms with van der Waals surface area (Å²) < 4.78 is 0. The Morgan fingerprint density at radius 3 is 2.71 bits per heavy atom. The summed E-state index contributed by atoms with van der Waals surface area (Å²) in [7, 11) is 0. The lowest BCUT2D eigenvalue weighted by Crippen LogP contribution is -2.49. The second-order valence-corrected chi connectivity index (χ2v) is 4.82. The number of amides is 1. The number of carbonyl (C=O) groups is 1. The third-order valence-corrected chi connectivity index (χ3v) is 2.72. The van der Waals surface area contributed by atoms with E-state index in [2.05, 4.69) is 15.6 Å². The fourth-order valence-electron chi connectivity index (χ4n) is 1.45. The maximum Gasteiger partial charge on any atom is 0.244 e. The second kappa shape index (κ2) is 5.47. The molecule has 1 heterocycles. The molecular weight excluding hydrogens is 238 g/mol. The molecule has 0 saturated heterocycles. The van der Waals surface area contributed by atoms with Crippen molar-refractivity contribution in [2.24, 2.45) is 0 Å². The summed E-state index contributed by atoms with van der Waals surface area (Å²) in [5, 5.41) is 6.38. The van der Waals surface area contributed by atoms with Crippen LogP contribution in [0.5, 0.6) is 0 Å². The molecular formula is C12H18ClN3O. The first-order valence-corrected chi connectivity index (χ1v) is 5.93. The van der Waals surface area contributed by atoms with Crippen LogP contribution in [-0.4, -0.2) is 23.0 Å². The van der Waals surface area contributed by atoms with Gasteiger partial charge in [-0.05, 0) is 38.9 Å². The van der Waals surface area contributed by atoms with E-state index in [1.54, 1.807) is 12.3 Å². The van der Waals surface area contributed by atoms with E-state index in [9.17, 15) is 4.79 Å². The van der Waals surface area contributed by atoms with Gasteiger partial charge in [0.05, 0.1) is 17.4 Å². The van der Waals surface area contributed by atoms with Gasteiger partial charge in [-0.25, -0.2) is 4.98 Å². The highest BCUT2D eigenvalue weighted by molar-refractivity contribution is 6.29. The number of likely N-dealkylation sites (N-methyl/N-ethyl adjacent to an activating group) is 1. The Kier molecular flexibility index (Phi) is 4.48. The molecule has 1 aromatic rings. The summed E-state index contributed by atoms with van der Waals surface area (Å²) in [6.07, 6.45) is 1.57. The molecule has 0 radical (unpaired) electrons. The number of aryl methyl sites for hydroxylation is 1. The standard InChI is InChI=1S/C12H18ClN3O/c1-5-15-12(3,4)11(17)16-9-7-14-10(13)6-8(9)2/h6-7,15H,5H2,1-4H3,(H,16,17). The molecule has 17 heavy (non-hydrogen) atoms. The molecule has 0 fully saturated rings. The predicted octanol–water partition coefficient (Wildman–Crippen LogP) is 2.37. The number of aromatic nitrogens is 1. The number of nitrogens with zero attached hydrogens (tertiary/aromatic N) is 1. The van der Waals surface area contributed by atoms with E-state index in [1.807, 2.05) is 27.7 Å². The van der Waals surface area contributed by atoms with Crippen LogP contribution < -0.4 is 10.6 Å². The van der Waals surface area contributed by atoms with Crippen molar-refractivity contribution in [1.82, 2.24) is 10.3 Å². The van der Waals surface area contributed by atoms with Gasteiger partial charge in [0.15, 0.2) is 0 Å². The van der Waals surface area contributed by atoms with E-state index < -0.39 is 5.54 Å². The number of carbonyl (C=O) groups excluding carboxylic acids is 1. The van der Waals surface area contributed by atoms with E-state index >= 15 is 0 Å². The third-order valence-electron chi connectivity index (χ3n) is 2.51. The number of nitrogens with one attached hydrogen (secondary N) is 2. The smallest absolute Gasteiger partial charge is 0.244 e. The number of hydrogen-bond acceptors (Lipinski definition) is 3. The van der Waals surface area contributed by atoms with Gasteiger partial charge in [0.25, 0.3) is 0 Å². The Morgan fingerprint density at radius 2 is 2.18 bits per heavy atom. The molecule has 0 aliphatic carbocycles. The summed E-state index contributed by atoms with van der Waals surface area (Å²) in [5.74, 6) is -0.0911. The van der Waals surface area contributed by atoms with Gasteiger partial charge in [0.2, 0.25) is 5.91 Å². The molecule has 0 saturated carbocycles. The highest BCUT2D eigenvalue weighted by Gasteiger charge is 2.26. The first-order chi connectivity index (χ1) is 7.86. The minimum Gasteiger partial charge on any atom is -0.323 e. The van der Waals surface area contributed by atoms with Gasteiger partial charge < -0.3 is 10.6 Å². The van der Waals surface area contributed by atoms with E-state index in [0.717, 1.165) is 12.1 Å². The SMILES string of the molecule is CCNC(C)(C)C(=O)Nc1cnc(Cl)cc1C. The van der Waals surface area contributed by atoms with Gasteiger partial charge in [-0.2, -0.15) is 0 Å². The Hall–Kier alpha value is -1.13. The highest BCUT2D eigenvalue weighted by atomic mass is 35.5. The fraction of sp³-hybridized carbons (Fsp3) is 0.500. The van der Waals surface area contributed by atoms with Crippen molar-refractivity contribution in [2.45, 2.75) is 33.2 Å². The Balaban J connectivity index is 2.81. The van der Waals surface area contributed by atoms with Crippen LogP contribution in [-0.2, 0) is 4.79 Å². The molecule has 94 valence electrons. The van der Waals surface area contributed by atoms with Crippen molar-refractivity contribution < 1.29 is 4.79 Å². The Morgan fingerprint density at radius 1 is 1.53 bits per heavy atom. The fourth-order valence-corrected chi connectivity index (χ4v) is 1.67. The zero-order valence-electron chi connectivity index (χ0n) is 10.6. The molecule has 0 atom stereocenters. The van der Waals surface area contributed by atoms with E-state index in [1.165, 1.54) is 0 Å². The van der Waals surface area contributed by atoms with Crippen LogP contribution >= 0.6 is 11.6 Å². The van der Waals surface area contributed by atoms with Crippen LogP contribution in [0.2, 0.25) is 5.15 Å². The Bertz CT molecular complexity index is 418. The van der Waals surface area contributed by atoms with Gasteiger partial charge in [-0.1, -0.05) is 18.5 Å². The summed E-state index contributed by atoms with van der Waals surface area (Å²) >= 11 is 5.76. The normalized spacial score (nSPS) is 11.4. The van der Waals surface area contributed by atoms with Gasteiger partial charge in [0.1, 0.15) is 5.15 Å². The minimum atomic E-state index is -0.610. The second-order valence-electron chi connectivity index (χ2n) is 4.43. The van der Waals surface area contributed by atoms with Gasteiger partial charge in [-0.3, -0.25) is 4.79 Å². The first kappa shape index (κ1) is 13.9. The summed E-state index contributed by atoms with van der Waals surface area (Å²) in [6.45, 7) is 8.25. The summed E-state index contributed by atoms with van der Waals surface area (Å²) in [5.41, 5.74) is 0.969. The van der Waals surface area contributed by atoms with Gasteiger partial charge >= 0.3 is 0 Å². The lowest BCUT2D eigenvalue weighted by atomic mass is 10.0. The maximum atomic E-state index is 12.0. The molecule has 0 bridgehead atoms. The lowest BCUT2D eigenvalue weighted by molar-refractivity contribution is -0.121. The molecule has 0 spiro atoms. The molecule has 0 aromatic carbocycles. The van der Waals surface area contributed by atoms with Crippen molar-refractivity contribution >= 4 is 23.2 Å². The van der Waals surface area contributed by atoms with Crippen LogP contribution in [0.25, 0.3) is 0 Å². The molecule has 1 amide bonds. The zero-order valence-corrected chi connectivity index (χ0v) is 11.4. The highest BCUT2D eigenvalue weighted by Crippen LogP contribution is 2.18. The van der Waals surface area contributed by atoms with Crippen LogP contribution in [0.15, 0.2) is 12.3 Å². The number of halogens is 1. The third kappa shape index (κ3) is 3.68. The van der Waals surface area contributed by atoms with E-state index in [4.69, 9.17) is 11.6 Å². The maximum absolute atomic E-state index is 12.0. The number of anilines is 1. The van der Waals surface area contributed by atoms with Crippen molar-refractivity contribution in [3.63, 3.8) is 0 Å². The molecule has 0 aliphatic rings. The van der Waals surface area contributed by atoms with Gasteiger partial charge in [-0.15, -0.1) is 0 Å². The van der Waals surface area contributed by atoms with Crippen molar-refractivity contribution in [3.05, 3.63) is 23.0 Å². The largest absolute Gasteiger partial charge is 0.323 e. The van der Waals surface area contributed by atoms with E-state index in [0.29, 0.717) is 10.8 Å². The van der Waals surface area contributed by atoms with Crippen LogP contribution in [0, 0.1) is 6.92 Å². The molecule has 1 aromatic heterocycles. The average Bonchev–Trinajstić information content (AvgIpc) is 2.22. The van der Waals surface area contributed by atoms with Crippen molar-refractivity contribution in [1.29, 1.82) is 0 Å². The molecule has 0 aliphatic heterocycles. The molecule has 2 N–H and O–H groups in total. The minimum absolute atomic E-state index is 0.0911. The monoisotopic (exact) mass is 255 g/mol. The number of rotatable bonds is 4. The summed E-state index contributed by atoms with van der Waals surface area (Å²) in [6, 6.07) is 1.72. The molecule has 1 rings (SSSR count). The Labute approximate surface area is 107 Å². The first-order valence-electron chi connectivity index (χ1n) is 5.55. The molecule has 5 heteroatoms. The summed E-state index contributed by atoms with van der Waals surface area (Å²) in [4.78, 5) is 16.0. The van der Waals surface area contributed by atoms with Crippen molar-refractivity contribution in [3.8, 4) is 0 Å².